The third kappa shape index (κ3) is 4.54. The van der Waals surface area contributed by atoms with Crippen molar-refractivity contribution in [2.24, 2.45) is 0 Å². The molecule has 0 heterocycles. The second-order valence-corrected chi connectivity index (χ2v) is 5.72. The smallest absolute Gasteiger partial charge is 0.338 e. The summed E-state index contributed by atoms with van der Waals surface area (Å²) in [4.78, 5) is 34.1. The summed E-state index contributed by atoms with van der Waals surface area (Å²) in [5, 5.41) is 13.4. The molecular weight excluding hydrogens is 348 g/mol. The maximum absolute atomic E-state index is 12.0. The van der Waals surface area contributed by atoms with Crippen molar-refractivity contribution in [3.05, 3.63) is 68.2 Å². The van der Waals surface area contributed by atoms with Gasteiger partial charge < -0.3 is 10.1 Å². The van der Waals surface area contributed by atoms with E-state index in [1.165, 1.54) is 12.1 Å². The molecule has 0 aliphatic carbocycles. The summed E-state index contributed by atoms with van der Waals surface area (Å²) in [6.45, 7) is 3.19. The zero-order valence-electron chi connectivity index (χ0n) is 13.5. The third-order valence-corrected chi connectivity index (χ3v) is 3.78. The van der Waals surface area contributed by atoms with Crippen molar-refractivity contribution in [2.45, 2.75) is 13.8 Å². The van der Waals surface area contributed by atoms with E-state index < -0.39 is 29.1 Å². The van der Waals surface area contributed by atoms with Crippen LogP contribution in [0, 0.1) is 24.0 Å². The van der Waals surface area contributed by atoms with Crippen LogP contribution in [-0.2, 0) is 9.53 Å². The zero-order valence-corrected chi connectivity index (χ0v) is 14.3. The van der Waals surface area contributed by atoms with Gasteiger partial charge in [-0.05, 0) is 37.1 Å². The molecule has 0 spiro atoms. The molecule has 0 fully saturated rings. The fraction of sp³-hybridized carbons (Fsp3) is 0.176. The maximum atomic E-state index is 12.0. The number of anilines is 1. The highest BCUT2D eigenvalue weighted by Crippen LogP contribution is 2.25. The van der Waals surface area contributed by atoms with Gasteiger partial charge in [-0.3, -0.25) is 14.9 Å². The first kappa shape index (κ1) is 18.4. The number of hydrogen-bond acceptors (Lipinski definition) is 5. The van der Waals surface area contributed by atoms with E-state index >= 15 is 0 Å². The number of nitrogens with one attached hydrogen (secondary N) is 1. The van der Waals surface area contributed by atoms with E-state index in [1.807, 2.05) is 32.0 Å². The Morgan fingerprint density at radius 2 is 1.84 bits per heavy atom. The predicted molar refractivity (Wildman–Crippen MR) is 92.9 cm³/mol. The molecule has 1 amide bonds. The van der Waals surface area contributed by atoms with Crippen molar-refractivity contribution < 1.29 is 19.2 Å². The summed E-state index contributed by atoms with van der Waals surface area (Å²) < 4.78 is 4.90. The highest BCUT2D eigenvalue weighted by atomic mass is 35.5. The number of benzene rings is 2. The first-order valence-electron chi connectivity index (χ1n) is 7.26. The second kappa shape index (κ2) is 7.76. The van der Waals surface area contributed by atoms with E-state index in [9.17, 15) is 19.7 Å². The van der Waals surface area contributed by atoms with Crippen LogP contribution in [0.4, 0.5) is 11.4 Å². The van der Waals surface area contributed by atoms with Crippen molar-refractivity contribution in [2.75, 3.05) is 11.9 Å². The normalized spacial score (nSPS) is 10.2. The standard InChI is InChI=1S/C17H15ClN2O5/c1-10-4-3-5-11(2)16(10)19-15(21)9-25-17(22)12-6-7-13(18)14(8-12)20(23)24/h3-8H,9H2,1-2H3,(H,19,21). The minimum Gasteiger partial charge on any atom is -0.452 e. The predicted octanol–water partition coefficient (Wildman–Crippen LogP) is 3.66. The molecule has 2 aromatic carbocycles. The molecule has 7 nitrogen and oxygen atoms in total. The van der Waals surface area contributed by atoms with Crippen LogP contribution in [0.5, 0.6) is 0 Å². The number of nitro benzene ring substituents is 1. The minimum absolute atomic E-state index is 0.0593. The molecule has 0 aromatic heterocycles. The van der Waals surface area contributed by atoms with Crippen molar-refractivity contribution in [3.8, 4) is 0 Å². The lowest BCUT2D eigenvalue weighted by molar-refractivity contribution is -0.384. The number of ether oxygens (including phenoxy) is 1. The minimum atomic E-state index is -0.851. The molecule has 2 rings (SSSR count). The monoisotopic (exact) mass is 362 g/mol. The van der Waals surface area contributed by atoms with Crippen LogP contribution in [0.1, 0.15) is 21.5 Å². The molecule has 0 saturated carbocycles. The van der Waals surface area contributed by atoms with Gasteiger partial charge in [0.1, 0.15) is 5.02 Å². The highest BCUT2D eigenvalue weighted by molar-refractivity contribution is 6.32. The van der Waals surface area contributed by atoms with Gasteiger partial charge in [0.15, 0.2) is 6.61 Å². The number of carbonyl (C=O) groups is 2. The first-order valence-corrected chi connectivity index (χ1v) is 7.64. The zero-order chi connectivity index (χ0) is 18.6. The Kier molecular flexibility index (Phi) is 5.71. The fourth-order valence-corrected chi connectivity index (χ4v) is 2.37. The number of nitro groups is 1. The Bertz CT molecular complexity index is 831. The SMILES string of the molecule is Cc1cccc(C)c1NC(=O)COC(=O)c1ccc(Cl)c([N+](=O)[O-])c1. The van der Waals surface area contributed by atoms with E-state index in [2.05, 4.69) is 5.32 Å². The molecule has 0 atom stereocenters. The molecule has 0 aliphatic heterocycles. The van der Waals surface area contributed by atoms with Crippen molar-refractivity contribution in [3.63, 3.8) is 0 Å². The quantitative estimate of drug-likeness (QED) is 0.497. The molecule has 1 N–H and O–H groups in total. The van der Waals surface area contributed by atoms with Crippen molar-refractivity contribution >= 4 is 34.9 Å². The highest BCUT2D eigenvalue weighted by Gasteiger charge is 2.18. The number of rotatable bonds is 5. The molecule has 0 radical (unpaired) electrons. The van der Waals surface area contributed by atoms with E-state index in [4.69, 9.17) is 16.3 Å². The van der Waals surface area contributed by atoms with Crippen LogP contribution < -0.4 is 5.32 Å². The average molecular weight is 363 g/mol. The van der Waals surface area contributed by atoms with E-state index in [-0.39, 0.29) is 10.6 Å². The van der Waals surface area contributed by atoms with Gasteiger partial charge in [0.2, 0.25) is 0 Å². The summed E-state index contributed by atoms with van der Waals surface area (Å²) in [5.74, 6) is -1.36. The van der Waals surface area contributed by atoms with Crippen LogP contribution in [-0.4, -0.2) is 23.4 Å². The van der Waals surface area contributed by atoms with Gasteiger partial charge in [-0.25, -0.2) is 4.79 Å². The summed E-state index contributed by atoms with van der Waals surface area (Å²) in [6, 6.07) is 9.10. The number of esters is 1. The lowest BCUT2D eigenvalue weighted by Crippen LogP contribution is -2.21. The molecular formula is C17H15ClN2O5. The Hall–Kier alpha value is -2.93. The van der Waals surface area contributed by atoms with Gasteiger partial charge in [-0.2, -0.15) is 0 Å². The van der Waals surface area contributed by atoms with Crippen LogP contribution >= 0.6 is 11.6 Å². The molecule has 25 heavy (non-hydrogen) atoms. The number of hydrogen-bond donors (Lipinski definition) is 1. The maximum Gasteiger partial charge on any atom is 0.338 e. The topological polar surface area (TPSA) is 98.5 Å². The summed E-state index contributed by atoms with van der Waals surface area (Å²) >= 11 is 5.69. The van der Waals surface area contributed by atoms with Crippen LogP contribution in [0.25, 0.3) is 0 Å². The van der Waals surface area contributed by atoms with E-state index in [0.717, 1.165) is 17.2 Å². The van der Waals surface area contributed by atoms with Crippen molar-refractivity contribution in [1.29, 1.82) is 0 Å². The average Bonchev–Trinajstić information content (AvgIpc) is 2.56. The van der Waals surface area contributed by atoms with Crippen LogP contribution in [0.3, 0.4) is 0 Å². The third-order valence-electron chi connectivity index (χ3n) is 3.46. The van der Waals surface area contributed by atoms with Gasteiger partial charge in [-0.1, -0.05) is 29.8 Å². The molecule has 0 unspecified atom stereocenters. The molecule has 130 valence electrons. The van der Waals surface area contributed by atoms with Crippen LogP contribution in [0.15, 0.2) is 36.4 Å². The lowest BCUT2D eigenvalue weighted by atomic mass is 10.1. The molecule has 2 aromatic rings. The Balaban J connectivity index is 2.01. The first-order chi connectivity index (χ1) is 11.8. The van der Waals surface area contributed by atoms with E-state index in [1.54, 1.807) is 0 Å². The molecule has 0 bridgehead atoms. The Morgan fingerprint density at radius 3 is 2.44 bits per heavy atom. The molecule has 0 aliphatic rings. The second-order valence-electron chi connectivity index (χ2n) is 5.31. The van der Waals surface area contributed by atoms with Gasteiger partial charge in [0.05, 0.1) is 10.5 Å². The number of nitrogens with zero attached hydrogens (tertiary/aromatic N) is 1. The van der Waals surface area contributed by atoms with Crippen molar-refractivity contribution in [1.82, 2.24) is 0 Å². The van der Waals surface area contributed by atoms with Gasteiger partial charge in [0, 0.05) is 11.8 Å². The summed E-state index contributed by atoms with van der Waals surface area (Å²) in [5.41, 5.74) is 1.96. The number of carbonyl (C=O) groups excluding carboxylic acids is 2. The lowest BCUT2D eigenvalue weighted by Gasteiger charge is -2.11. The Morgan fingerprint density at radius 1 is 1.20 bits per heavy atom. The summed E-state index contributed by atoms with van der Waals surface area (Å²) in [7, 11) is 0. The van der Waals surface area contributed by atoms with Gasteiger partial charge in [-0.15, -0.1) is 0 Å². The largest absolute Gasteiger partial charge is 0.452 e. The number of para-hydroxylation sites is 1. The van der Waals surface area contributed by atoms with Crippen LogP contribution in [0.2, 0.25) is 5.02 Å². The number of halogens is 1. The van der Waals surface area contributed by atoms with E-state index in [0.29, 0.717) is 5.69 Å². The summed E-state index contributed by atoms with van der Waals surface area (Å²) in [6.07, 6.45) is 0. The number of aryl methyl sites for hydroxylation is 2. The van der Waals surface area contributed by atoms with Gasteiger partial charge in [0.25, 0.3) is 11.6 Å². The van der Waals surface area contributed by atoms with Gasteiger partial charge >= 0.3 is 5.97 Å². The molecule has 8 heteroatoms. The number of amides is 1. The fourth-order valence-electron chi connectivity index (χ4n) is 2.18. The Labute approximate surface area is 148 Å². The molecule has 0 saturated heterocycles.